The van der Waals surface area contributed by atoms with Crippen LogP contribution in [0.3, 0.4) is 0 Å². The summed E-state index contributed by atoms with van der Waals surface area (Å²) in [5.41, 5.74) is -0.0498. The van der Waals surface area contributed by atoms with Gasteiger partial charge in [-0.15, -0.1) is 0 Å². The molecule has 2 aromatic rings. The van der Waals surface area contributed by atoms with Gasteiger partial charge in [0.1, 0.15) is 5.82 Å². The van der Waals surface area contributed by atoms with Gasteiger partial charge < -0.3 is 5.32 Å². The number of hydrogen-bond acceptors (Lipinski definition) is 3. The number of amides is 1. The molecule has 0 atom stereocenters. The topological polar surface area (TPSA) is 63.2 Å². The van der Waals surface area contributed by atoms with Crippen molar-refractivity contribution in [2.45, 2.75) is 4.90 Å². The number of nitrogens with one attached hydrogen (secondary N) is 1. The van der Waals surface area contributed by atoms with Gasteiger partial charge in [0, 0.05) is 6.26 Å². The Labute approximate surface area is 126 Å². The van der Waals surface area contributed by atoms with E-state index in [1.165, 1.54) is 36.4 Å². The summed E-state index contributed by atoms with van der Waals surface area (Å²) in [4.78, 5) is 12.0. The summed E-state index contributed by atoms with van der Waals surface area (Å²) in [5.74, 6) is -1.38. The van der Waals surface area contributed by atoms with E-state index in [1.54, 1.807) is 0 Å². The quantitative estimate of drug-likeness (QED) is 0.942. The fourth-order valence-corrected chi connectivity index (χ4v) is 2.48. The summed E-state index contributed by atoms with van der Waals surface area (Å²) >= 11 is 5.91. The van der Waals surface area contributed by atoms with E-state index in [0.717, 1.165) is 12.3 Å². The zero-order chi connectivity index (χ0) is 15.6. The van der Waals surface area contributed by atoms with Crippen molar-refractivity contribution in [3.05, 3.63) is 58.9 Å². The summed E-state index contributed by atoms with van der Waals surface area (Å²) in [6.45, 7) is 0. The number of anilines is 1. The van der Waals surface area contributed by atoms with E-state index in [1.807, 2.05) is 0 Å². The van der Waals surface area contributed by atoms with Crippen LogP contribution in [0.4, 0.5) is 10.1 Å². The molecule has 0 aliphatic rings. The van der Waals surface area contributed by atoms with E-state index in [2.05, 4.69) is 5.32 Å². The first kappa shape index (κ1) is 15.5. The molecule has 0 spiro atoms. The number of benzene rings is 2. The number of sulfone groups is 1. The van der Waals surface area contributed by atoms with Crippen molar-refractivity contribution in [1.29, 1.82) is 0 Å². The lowest BCUT2D eigenvalue weighted by Gasteiger charge is -2.09. The molecule has 0 bridgehead atoms. The molecular formula is C14H11ClFNO3S. The molecule has 1 N–H and O–H groups in total. The zero-order valence-corrected chi connectivity index (χ0v) is 12.5. The third-order valence-electron chi connectivity index (χ3n) is 2.73. The lowest BCUT2D eigenvalue weighted by Crippen LogP contribution is -2.14. The lowest BCUT2D eigenvalue weighted by atomic mass is 10.2. The molecule has 0 aliphatic carbocycles. The molecule has 0 radical (unpaired) electrons. The van der Waals surface area contributed by atoms with Crippen LogP contribution in [0.2, 0.25) is 5.02 Å². The minimum atomic E-state index is -3.43. The van der Waals surface area contributed by atoms with Gasteiger partial charge in [0.25, 0.3) is 5.91 Å². The minimum absolute atomic E-state index is 0.00994. The van der Waals surface area contributed by atoms with Crippen LogP contribution in [0.25, 0.3) is 0 Å². The van der Waals surface area contributed by atoms with Gasteiger partial charge in [-0.3, -0.25) is 4.79 Å². The first-order valence-corrected chi connectivity index (χ1v) is 8.11. The fourth-order valence-electron chi connectivity index (χ4n) is 1.67. The van der Waals surface area contributed by atoms with Crippen LogP contribution in [0.1, 0.15) is 10.4 Å². The predicted molar refractivity (Wildman–Crippen MR) is 78.9 cm³/mol. The van der Waals surface area contributed by atoms with Gasteiger partial charge >= 0.3 is 0 Å². The van der Waals surface area contributed by atoms with Crippen molar-refractivity contribution in [3.63, 3.8) is 0 Å². The van der Waals surface area contributed by atoms with Gasteiger partial charge in [-0.25, -0.2) is 12.8 Å². The smallest absolute Gasteiger partial charge is 0.258 e. The van der Waals surface area contributed by atoms with E-state index in [0.29, 0.717) is 0 Å². The number of rotatable bonds is 3. The third-order valence-corrected chi connectivity index (χ3v) is 4.17. The van der Waals surface area contributed by atoms with Crippen LogP contribution >= 0.6 is 11.6 Å². The molecule has 0 heterocycles. The molecule has 21 heavy (non-hydrogen) atoms. The van der Waals surface area contributed by atoms with Crippen LogP contribution in [0, 0.1) is 5.82 Å². The SMILES string of the molecule is CS(=O)(=O)c1ccc(Cl)c(NC(=O)c2ccccc2F)c1. The second-order valence-electron chi connectivity index (χ2n) is 4.35. The summed E-state index contributed by atoms with van der Waals surface area (Å²) in [6.07, 6.45) is 1.04. The minimum Gasteiger partial charge on any atom is -0.321 e. The van der Waals surface area contributed by atoms with Gasteiger partial charge in [-0.1, -0.05) is 23.7 Å². The Bertz CT molecular complexity index is 806. The summed E-state index contributed by atoms with van der Waals surface area (Å²) in [5, 5.41) is 2.56. The van der Waals surface area contributed by atoms with Gasteiger partial charge in [-0.05, 0) is 30.3 Å². The largest absolute Gasteiger partial charge is 0.321 e. The Balaban J connectivity index is 2.36. The highest BCUT2D eigenvalue weighted by Crippen LogP contribution is 2.26. The summed E-state index contributed by atoms with van der Waals surface area (Å²) < 4.78 is 36.5. The highest BCUT2D eigenvalue weighted by atomic mass is 35.5. The predicted octanol–water partition coefficient (Wildman–Crippen LogP) is 3.13. The van der Waals surface area contributed by atoms with E-state index in [-0.39, 0.29) is 21.2 Å². The van der Waals surface area contributed by atoms with Crippen LogP contribution in [-0.4, -0.2) is 20.6 Å². The van der Waals surface area contributed by atoms with Crippen molar-refractivity contribution in [2.24, 2.45) is 0 Å². The monoisotopic (exact) mass is 327 g/mol. The van der Waals surface area contributed by atoms with Crippen molar-refractivity contribution >= 4 is 33.0 Å². The van der Waals surface area contributed by atoms with Gasteiger partial charge in [0.2, 0.25) is 0 Å². The normalized spacial score (nSPS) is 11.2. The third kappa shape index (κ3) is 3.59. The van der Waals surface area contributed by atoms with E-state index in [4.69, 9.17) is 11.6 Å². The van der Waals surface area contributed by atoms with Gasteiger partial charge in [-0.2, -0.15) is 0 Å². The molecule has 110 valence electrons. The van der Waals surface area contributed by atoms with Crippen molar-refractivity contribution < 1.29 is 17.6 Å². The molecule has 0 aliphatic heterocycles. The molecule has 7 heteroatoms. The number of halogens is 2. The molecule has 0 saturated heterocycles. The van der Waals surface area contributed by atoms with Gasteiger partial charge in [0.15, 0.2) is 9.84 Å². The first-order valence-electron chi connectivity index (χ1n) is 5.84. The maximum absolute atomic E-state index is 13.5. The van der Waals surface area contributed by atoms with Crippen LogP contribution < -0.4 is 5.32 Å². The number of carbonyl (C=O) groups excluding carboxylic acids is 1. The molecule has 0 unspecified atom stereocenters. The molecule has 4 nitrogen and oxygen atoms in total. The van der Waals surface area contributed by atoms with Crippen molar-refractivity contribution in [2.75, 3.05) is 11.6 Å². The molecular weight excluding hydrogens is 317 g/mol. The highest BCUT2D eigenvalue weighted by molar-refractivity contribution is 7.90. The zero-order valence-electron chi connectivity index (χ0n) is 10.9. The Morgan fingerprint density at radius 1 is 1.19 bits per heavy atom. The number of carbonyl (C=O) groups is 1. The Morgan fingerprint density at radius 3 is 2.48 bits per heavy atom. The molecule has 0 fully saturated rings. The number of hydrogen-bond donors (Lipinski definition) is 1. The highest BCUT2D eigenvalue weighted by Gasteiger charge is 2.15. The van der Waals surface area contributed by atoms with E-state index >= 15 is 0 Å². The molecule has 2 rings (SSSR count). The Morgan fingerprint density at radius 2 is 1.86 bits per heavy atom. The first-order chi connectivity index (χ1) is 9.79. The van der Waals surface area contributed by atoms with Crippen LogP contribution in [0.15, 0.2) is 47.4 Å². The fraction of sp³-hybridized carbons (Fsp3) is 0.0714. The average Bonchev–Trinajstić information content (AvgIpc) is 2.40. The average molecular weight is 328 g/mol. The Hall–Kier alpha value is -1.92. The van der Waals surface area contributed by atoms with Crippen molar-refractivity contribution in [1.82, 2.24) is 0 Å². The Kier molecular flexibility index (Phi) is 4.29. The maximum atomic E-state index is 13.5. The summed E-state index contributed by atoms with van der Waals surface area (Å²) in [6, 6.07) is 9.38. The molecule has 1 amide bonds. The maximum Gasteiger partial charge on any atom is 0.258 e. The molecule has 0 aromatic heterocycles. The van der Waals surface area contributed by atoms with Crippen molar-refractivity contribution in [3.8, 4) is 0 Å². The standard InChI is InChI=1S/C14H11ClFNO3S/c1-21(19,20)9-6-7-11(15)13(8-9)17-14(18)10-4-2-3-5-12(10)16/h2-8H,1H3,(H,17,18). The van der Waals surface area contributed by atoms with E-state index < -0.39 is 21.6 Å². The van der Waals surface area contributed by atoms with Crippen LogP contribution in [-0.2, 0) is 9.84 Å². The van der Waals surface area contributed by atoms with Gasteiger partial charge in [0.05, 0.1) is 21.2 Å². The summed E-state index contributed by atoms with van der Waals surface area (Å²) in [7, 11) is -3.43. The molecule has 0 saturated carbocycles. The second-order valence-corrected chi connectivity index (χ2v) is 6.77. The van der Waals surface area contributed by atoms with E-state index in [9.17, 15) is 17.6 Å². The second kappa shape index (κ2) is 5.83. The van der Waals surface area contributed by atoms with Crippen LogP contribution in [0.5, 0.6) is 0 Å². The molecule has 2 aromatic carbocycles. The lowest BCUT2D eigenvalue weighted by molar-refractivity contribution is 0.102.